The van der Waals surface area contributed by atoms with Crippen LogP contribution in [-0.4, -0.2) is 0 Å². The maximum absolute atomic E-state index is 9.20. The van der Waals surface area contributed by atoms with Gasteiger partial charge in [-0.2, -0.15) is 21.0 Å². The largest absolute Gasteiger partial charge is 0.192 e. The van der Waals surface area contributed by atoms with Crippen LogP contribution in [0.15, 0.2) is 41.5 Å². The van der Waals surface area contributed by atoms with Crippen molar-refractivity contribution in [2.75, 3.05) is 0 Å². The molecule has 0 saturated heterocycles. The second-order valence-corrected chi connectivity index (χ2v) is 15.5. The quantitative estimate of drug-likeness (QED) is 0.187. The van der Waals surface area contributed by atoms with Gasteiger partial charge in [-0.25, -0.2) is 0 Å². The Morgan fingerprint density at radius 2 is 1.29 bits per heavy atom. The molecule has 1 spiro atoms. The van der Waals surface area contributed by atoms with Gasteiger partial charge in [-0.1, -0.05) is 19.3 Å². The van der Waals surface area contributed by atoms with Gasteiger partial charge in [0.15, 0.2) is 0 Å². The maximum atomic E-state index is 9.20. The van der Waals surface area contributed by atoms with E-state index in [1.54, 1.807) is 34.8 Å². The molecular weight excluding hydrogens is 601 g/mol. The van der Waals surface area contributed by atoms with Crippen LogP contribution in [0.3, 0.4) is 0 Å². The van der Waals surface area contributed by atoms with Crippen LogP contribution < -0.4 is 0 Å². The molecule has 0 aliphatic heterocycles. The summed E-state index contributed by atoms with van der Waals surface area (Å²) in [5, 5.41) is 36.6. The van der Waals surface area contributed by atoms with Gasteiger partial charge in [-0.3, -0.25) is 0 Å². The third kappa shape index (κ3) is 4.22. The normalized spacial score (nSPS) is 15.1. The van der Waals surface area contributed by atoms with Crippen LogP contribution in [0.1, 0.15) is 57.2 Å². The van der Waals surface area contributed by atoms with Gasteiger partial charge in [0, 0.05) is 39.4 Å². The first kappa shape index (κ1) is 26.1. The molecular formula is C32H18N4S5. The highest BCUT2D eigenvalue weighted by Crippen LogP contribution is 2.62. The van der Waals surface area contributed by atoms with Gasteiger partial charge in [0.1, 0.15) is 35.4 Å². The molecule has 5 heterocycles. The van der Waals surface area contributed by atoms with E-state index in [1.165, 1.54) is 63.8 Å². The van der Waals surface area contributed by atoms with Crippen molar-refractivity contribution in [2.24, 2.45) is 0 Å². The highest BCUT2D eigenvalue weighted by Gasteiger charge is 2.46. The fourth-order valence-electron chi connectivity index (χ4n) is 6.06. The van der Waals surface area contributed by atoms with E-state index in [0.717, 1.165) is 27.5 Å². The van der Waals surface area contributed by atoms with E-state index in [4.69, 9.17) is 10.5 Å². The van der Waals surface area contributed by atoms with Crippen molar-refractivity contribution < 1.29 is 0 Å². The van der Waals surface area contributed by atoms with E-state index in [1.807, 2.05) is 70.4 Å². The highest BCUT2D eigenvalue weighted by molar-refractivity contribution is 7.40. The first-order valence-electron chi connectivity index (χ1n) is 13.0. The number of allylic oxidation sites excluding steroid dienone is 3. The summed E-state index contributed by atoms with van der Waals surface area (Å²) < 4.78 is 5.49. The third-order valence-electron chi connectivity index (χ3n) is 7.80. The lowest BCUT2D eigenvalue weighted by Gasteiger charge is -2.37. The van der Waals surface area contributed by atoms with Gasteiger partial charge in [-0.15, -0.1) is 56.7 Å². The summed E-state index contributed by atoms with van der Waals surface area (Å²) in [4.78, 5) is 6.85. The van der Waals surface area contributed by atoms with Crippen LogP contribution >= 0.6 is 56.7 Å². The van der Waals surface area contributed by atoms with Gasteiger partial charge >= 0.3 is 0 Å². The average molecular weight is 619 g/mol. The lowest BCUT2D eigenvalue weighted by atomic mass is 9.67. The fourth-order valence-corrected chi connectivity index (χ4v) is 12.6. The molecule has 0 unspecified atom stereocenters. The smallest absolute Gasteiger partial charge is 0.131 e. The second-order valence-electron chi connectivity index (χ2n) is 10.1. The predicted octanol–water partition coefficient (Wildman–Crippen LogP) is 10.6. The molecule has 7 rings (SSSR count). The minimum Gasteiger partial charge on any atom is -0.192 e. The van der Waals surface area contributed by atoms with Gasteiger partial charge in [-0.05, 0) is 72.5 Å². The van der Waals surface area contributed by atoms with Crippen LogP contribution in [0.5, 0.6) is 0 Å². The zero-order chi connectivity index (χ0) is 28.1. The molecule has 0 aromatic carbocycles. The second kappa shape index (κ2) is 10.2. The van der Waals surface area contributed by atoms with Gasteiger partial charge < -0.3 is 0 Å². The molecule has 9 heteroatoms. The first-order valence-corrected chi connectivity index (χ1v) is 17.1. The molecule has 0 amide bonds. The Bertz CT molecular complexity index is 2100. The van der Waals surface area contributed by atoms with Crippen molar-refractivity contribution in [1.82, 2.24) is 0 Å². The van der Waals surface area contributed by atoms with Crippen molar-refractivity contribution in [3.8, 4) is 34.0 Å². The number of hydrogen-bond acceptors (Lipinski definition) is 9. The van der Waals surface area contributed by atoms with Crippen molar-refractivity contribution in [2.45, 2.75) is 37.5 Å². The minimum absolute atomic E-state index is 0.0228. The Kier molecular flexibility index (Phi) is 6.52. The molecule has 0 N–H and O–H groups in total. The van der Waals surface area contributed by atoms with Crippen molar-refractivity contribution in [3.63, 3.8) is 0 Å². The molecule has 2 aliphatic rings. The average Bonchev–Trinajstić information content (AvgIpc) is 3.82. The van der Waals surface area contributed by atoms with E-state index < -0.39 is 0 Å². The summed E-state index contributed by atoms with van der Waals surface area (Å²) >= 11 is 8.95. The van der Waals surface area contributed by atoms with Crippen molar-refractivity contribution in [1.29, 1.82) is 21.0 Å². The van der Waals surface area contributed by atoms with Crippen molar-refractivity contribution in [3.05, 3.63) is 66.6 Å². The minimum atomic E-state index is 0.0228. The molecule has 41 heavy (non-hydrogen) atoms. The van der Waals surface area contributed by atoms with E-state index in [9.17, 15) is 10.5 Å². The first-order chi connectivity index (χ1) is 20.1. The number of nitriles is 4. The molecule has 0 atom stereocenters. The molecule has 4 nitrogen and oxygen atoms in total. The molecule has 5 aromatic rings. The summed E-state index contributed by atoms with van der Waals surface area (Å²) in [5.74, 6) is 0. The Labute approximate surface area is 256 Å². The molecule has 1 saturated carbocycles. The summed E-state index contributed by atoms with van der Waals surface area (Å²) in [7, 11) is 0. The number of hydrogen-bond donors (Lipinski definition) is 0. The van der Waals surface area contributed by atoms with E-state index in [0.29, 0.717) is 0 Å². The van der Waals surface area contributed by atoms with Crippen LogP contribution in [0, 0.1) is 45.3 Å². The Hall–Kier alpha value is -3.80. The molecule has 2 aliphatic carbocycles. The SMILES string of the molecule is N#CC(C#N)=Cc1ccc(C2=Cc3sc4c(sc5cc(-c6ccc(C=C(C#N)C#N)s6)sc54)c3C23CCCCC3)s1. The van der Waals surface area contributed by atoms with E-state index in [-0.39, 0.29) is 16.6 Å². The van der Waals surface area contributed by atoms with Gasteiger partial charge in [0.25, 0.3) is 0 Å². The van der Waals surface area contributed by atoms with Crippen LogP contribution in [-0.2, 0) is 5.41 Å². The summed E-state index contributed by atoms with van der Waals surface area (Å²) in [6.07, 6.45) is 11.8. The standard InChI is InChI=1S/C32H18N4S5/c33-14-18(15-34)10-20-4-6-23(37-20)22-12-26-28(32(22)8-2-1-3-9-32)30-31(40-26)29-27(41-30)13-25(39-29)24-7-5-21(38-24)11-19(16-35)17-36/h4-7,10-13H,1-3,8-9H2. The molecule has 1 fully saturated rings. The van der Waals surface area contributed by atoms with Gasteiger partial charge in [0.2, 0.25) is 0 Å². The Balaban J connectivity index is 1.30. The molecule has 0 bridgehead atoms. The highest BCUT2D eigenvalue weighted by atomic mass is 32.1. The summed E-state index contributed by atoms with van der Waals surface area (Å²) in [6.45, 7) is 0. The van der Waals surface area contributed by atoms with Crippen molar-refractivity contribution >= 4 is 99.3 Å². The summed E-state index contributed by atoms with van der Waals surface area (Å²) in [5.41, 5.74) is 3.20. The number of fused-ring (bicyclic) bond motifs is 6. The van der Waals surface area contributed by atoms with Crippen LogP contribution in [0.25, 0.3) is 52.4 Å². The van der Waals surface area contributed by atoms with Gasteiger partial charge in [0.05, 0.1) is 14.1 Å². The van der Waals surface area contributed by atoms with E-state index in [2.05, 4.69) is 24.3 Å². The van der Waals surface area contributed by atoms with Crippen LogP contribution in [0.4, 0.5) is 0 Å². The third-order valence-corrected chi connectivity index (χ3v) is 13.9. The van der Waals surface area contributed by atoms with Crippen LogP contribution in [0.2, 0.25) is 0 Å². The fraction of sp³-hybridized carbons (Fsp3) is 0.188. The zero-order valence-corrected chi connectivity index (χ0v) is 25.6. The number of nitrogens with zero attached hydrogens (tertiary/aromatic N) is 4. The molecule has 5 aromatic heterocycles. The molecule has 0 radical (unpaired) electrons. The zero-order valence-electron chi connectivity index (χ0n) is 21.5. The lowest BCUT2D eigenvalue weighted by Crippen LogP contribution is -2.28. The number of thiophene rings is 5. The topological polar surface area (TPSA) is 95.2 Å². The predicted molar refractivity (Wildman–Crippen MR) is 174 cm³/mol. The molecule has 196 valence electrons. The Morgan fingerprint density at radius 3 is 1.95 bits per heavy atom. The lowest BCUT2D eigenvalue weighted by molar-refractivity contribution is 0.376. The maximum Gasteiger partial charge on any atom is 0.131 e. The van der Waals surface area contributed by atoms with E-state index >= 15 is 0 Å². The number of rotatable bonds is 4. The summed E-state index contributed by atoms with van der Waals surface area (Å²) in [6, 6.07) is 18.4. The Morgan fingerprint density at radius 1 is 0.659 bits per heavy atom. The monoisotopic (exact) mass is 618 g/mol.